The molecular weight excluding hydrogens is 184 g/mol. The highest BCUT2D eigenvalue weighted by molar-refractivity contribution is 5.66. The second kappa shape index (κ2) is 5.39. The van der Waals surface area contributed by atoms with Crippen LogP contribution in [0, 0.1) is 0 Å². The molecule has 14 heavy (non-hydrogen) atoms. The summed E-state index contributed by atoms with van der Waals surface area (Å²) in [6.45, 7) is 2.56. The number of aromatic nitrogens is 1. The topological polar surface area (TPSA) is 75.4 Å². The van der Waals surface area contributed by atoms with E-state index >= 15 is 0 Å². The van der Waals surface area contributed by atoms with E-state index < -0.39 is 5.97 Å². The third-order valence-electron chi connectivity index (χ3n) is 1.91. The Morgan fingerprint density at radius 3 is 3.14 bits per heavy atom. The van der Waals surface area contributed by atoms with E-state index in [0.29, 0.717) is 13.0 Å². The Labute approximate surface area is 82.1 Å². The Morgan fingerprint density at radius 1 is 1.79 bits per heavy atom. The molecule has 0 aliphatic rings. The highest BCUT2D eigenvalue weighted by atomic mass is 16.5. The van der Waals surface area contributed by atoms with Crippen LogP contribution >= 0.6 is 0 Å². The summed E-state index contributed by atoms with van der Waals surface area (Å²) in [6.07, 6.45) is 2.32. The van der Waals surface area contributed by atoms with Crippen molar-refractivity contribution < 1.29 is 14.4 Å². The van der Waals surface area contributed by atoms with Crippen molar-refractivity contribution in [2.75, 3.05) is 0 Å². The van der Waals surface area contributed by atoms with Crippen molar-refractivity contribution in [3.8, 4) is 0 Å². The van der Waals surface area contributed by atoms with Gasteiger partial charge >= 0.3 is 5.97 Å². The van der Waals surface area contributed by atoms with Gasteiger partial charge in [0, 0.05) is 25.1 Å². The fourth-order valence-corrected chi connectivity index (χ4v) is 1.05. The largest absolute Gasteiger partial charge is 0.481 e. The van der Waals surface area contributed by atoms with Gasteiger partial charge in [-0.2, -0.15) is 0 Å². The van der Waals surface area contributed by atoms with Crippen LogP contribution in [0.2, 0.25) is 0 Å². The van der Waals surface area contributed by atoms with Crippen molar-refractivity contribution in [2.24, 2.45) is 0 Å². The molecule has 0 saturated carbocycles. The number of hydrogen-bond acceptors (Lipinski definition) is 4. The molecule has 0 aliphatic heterocycles. The monoisotopic (exact) mass is 198 g/mol. The highest BCUT2D eigenvalue weighted by Crippen LogP contribution is 1.99. The minimum atomic E-state index is -0.764. The molecule has 1 unspecified atom stereocenters. The summed E-state index contributed by atoms with van der Waals surface area (Å²) < 4.78 is 4.66. The number of hydrogen-bond donors (Lipinski definition) is 2. The van der Waals surface area contributed by atoms with Gasteiger partial charge in [-0.15, -0.1) is 0 Å². The van der Waals surface area contributed by atoms with Crippen LogP contribution in [-0.4, -0.2) is 22.3 Å². The lowest BCUT2D eigenvalue weighted by Gasteiger charge is -2.10. The number of nitrogens with zero attached hydrogens (tertiary/aromatic N) is 1. The fourth-order valence-electron chi connectivity index (χ4n) is 1.05. The summed E-state index contributed by atoms with van der Waals surface area (Å²) in [6, 6.07) is 1.94. The van der Waals surface area contributed by atoms with Gasteiger partial charge in [0.05, 0.1) is 5.69 Å². The molecule has 1 aromatic rings. The van der Waals surface area contributed by atoms with Gasteiger partial charge in [-0.05, 0) is 13.3 Å². The van der Waals surface area contributed by atoms with Crippen LogP contribution in [0.3, 0.4) is 0 Å². The number of carboxylic acid groups (broad SMARTS) is 1. The average Bonchev–Trinajstić information content (AvgIpc) is 2.63. The van der Waals surface area contributed by atoms with Crippen molar-refractivity contribution >= 4 is 5.97 Å². The normalized spacial score (nSPS) is 12.6. The molecular formula is C9H14N2O3. The fraction of sp³-hybridized carbons (Fsp3) is 0.556. The first kappa shape index (κ1) is 10.7. The number of nitrogens with one attached hydrogen (secondary N) is 1. The van der Waals surface area contributed by atoms with E-state index in [-0.39, 0.29) is 12.5 Å². The first-order valence-corrected chi connectivity index (χ1v) is 4.53. The zero-order valence-corrected chi connectivity index (χ0v) is 8.06. The van der Waals surface area contributed by atoms with E-state index in [1.165, 1.54) is 6.26 Å². The maximum Gasteiger partial charge on any atom is 0.303 e. The van der Waals surface area contributed by atoms with E-state index in [4.69, 9.17) is 5.11 Å². The molecule has 0 radical (unpaired) electrons. The van der Waals surface area contributed by atoms with Gasteiger partial charge in [-0.3, -0.25) is 4.79 Å². The molecule has 0 bridgehead atoms. The summed E-state index contributed by atoms with van der Waals surface area (Å²) in [5.74, 6) is -0.764. The Morgan fingerprint density at radius 2 is 2.57 bits per heavy atom. The predicted molar refractivity (Wildman–Crippen MR) is 49.7 cm³/mol. The van der Waals surface area contributed by atoms with E-state index in [0.717, 1.165) is 5.69 Å². The smallest absolute Gasteiger partial charge is 0.303 e. The lowest BCUT2D eigenvalue weighted by atomic mass is 10.2. The molecule has 1 aromatic heterocycles. The summed E-state index contributed by atoms with van der Waals surface area (Å²) >= 11 is 0. The minimum absolute atomic E-state index is 0.169. The molecule has 0 aliphatic carbocycles. The molecule has 2 N–H and O–H groups in total. The molecule has 1 rings (SSSR count). The molecule has 0 aromatic carbocycles. The molecule has 5 heteroatoms. The summed E-state index contributed by atoms with van der Waals surface area (Å²) in [7, 11) is 0. The molecule has 1 atom stereocenters. The van der Waals surface area contributed by atoms with Crippen molar-refractivity contribution in [1.29, 1.82) is 0 Å². The van der Waals surface area contributed by atoms with Crippen LogP contribution in [-0.2, 0) is 11.3 Å². The number of aliphatic carboxylic acids is 1. The Kier molecular flexibility index (Phi) is 4.12. The van der Waals surface area contributed by atoms with Gasteiger partial charge in [-0.1, -0.05) is 5.16 Å². The molecule has 0 spiro atoms. The first-order chi connectivity index (χ1) is 6.68. The Bertz CT molecular complexity index is 272. The standard InChI is InChI=1S/C9H14N2O3/c1-7(2-3-9(12)13)10-6-8-4-5-14-11-8/h4-5,7,10H,2-3,6H2,1H3,(H,12,13). The predicted octanol–water partition coefficient (Wildman–Crippen LogP) is 1.02. The van der Waals surface area contributed by atoms with Gasteiger partial charge in [0.1, 0.15) is 6.26 Å². The quantitative estimate of drug-likeness (QED) is 0.713. The average molecular weight is 198 g/mol. The lowest BCUT2D eigenvalue weighted by Crippen LogP contribution is -2.26. The van der Waals surface area contributed by atoms with E-state index in [1.807, 2.05) is 6.92 Å². The third-order valence-corrected chi connectivity index (χ3v) is 1.91. The summed E-state index contributed by atoms with van der Waals surface area (Å²) in [4.78, 5) is 10.3. The highest BCUT2D eigenvalue weighted by Gasteiger charge is 2.05. The first-order valence-electron chi connectivity index (χ1n) is 4.53. The zero-order valence-electron chi connectivity index (χ0n) is 8.06. The summed E-state index contributed by atoms with van der Waals surface area (Å²) in [5, 5.41) is 15.3. The molecule has 0 amide bonds. The van der Waals surface area contributed by atoms with Crippen LogP contribution < -0.4 is 5.32 Å². The van der Waals surface area contributed by atoms with Crippen LogP contribution in [0.1, 0.15) is 25.5 Å². The van der Waals surface area contributed by atoms with E-state index in [1.54, 1.807) is 6.07 Å². The van der Waals surface area contributed by atoms with Gasteiger partial charge in [0.15, 0.2) is 0 Å². The van der Waals surface area contributed by atoms with Gasteiger partial charge < -0.3 is 14.9 Å². The van der Waals surface area contributed by atoms with Crippen molar-refractivity contribution in [3.63, 3.8) is 0 Å². The lowest BCUT2D eigenvalue weighted by molar-refractivity contribution is -0.137. The molecule has 78 valence electrons. The molecule has 0 saturated heterocycles. The maximum atomic E-state index is 10.3. The van der Waals surface area contributed by atoms with Crippen LogP contribution in [0.5, 0.6) is 0 Å². The van der Waals surface area contributed by atoms with Crippen molar-refractivity contribution in [2.45, 2.75) is 32.4 Å². The minimum Gasteiger partial charge on any atom is -0.481 e. The second-order valence-corrected chi connectivity index (χ2v) is 3.21. The zero-order chi connectivity index (χ0) is 10.4. The third kappa shape index (κ3) is 4.04. The Balaban J connectivity index is 2.15. The molecule has 0 fully saturated rings. The maximum absolute atomic E-state index is 10.3. The Hall–Kier alpha value is -1.36. The van der Waals surface area contributed by atoms with Crippen LogP contribution in [0.4, 0.5) is 0 Å². The van der Waals surface area contributed by atoms with Gasteiger partial charge in [-0.25, -0.2) is 0 Å². The van der Waals surface area contributed by atoms with Crippen molar-refractivity contribution in [3.05, 3.63) is 18.0 Å². The number of carboxylic acids is 1. The number of carbonyl (C=O) groups is 1. The van der Waals surface area contributed by atoms with Crippen LogP contribution in [0.25, 0.3) is 0 Å². The summed E-state index contributed by atoms with van der Waals surface area (Å²) in [5.41, 5.74) is 0.826. The molecule has 1 heterocycles. The van der Waals surface area contributed by atoms with Gasteiger partial charge in [0.25, 0.3) is 0 Å². The van der Waals surface area contributed by atoms with Gasteiger partial charge in [0.2, 0.25) is 0 Å². The van der Waals surface area contributed by atoms with Crippen LogP contribution in [0.15, 0.2) is 16.9 Å². The van der Waals surface area contributed by atoms with Crippen molar-refractivity contribution in [1.82, 2.24) is 10.5 Å². The molecule has 5 nitrogen and oxygen atoms in total. The number of rotatable bonds is 6. The van der Waals surface area contributed by atoms with E-state index in [9.17, 15) is 4.79 Å². The second-order valence-electron chi connectivity index (χ2n) is 3.21. The SMILES string of the molecule is CC(CCC(=O)O)NCc1ccon1. The van der Waals surface area contributed by atoms with E-state index in [2.05, 4.69) is 15.0 Å².